The second kappa shape index (κ2) is 5.15. The van der Waals surface area contributed by atoms with E-state index in [-0.39, 0.29) is 11.5 Å². The third kappa shape index (κ3) is 1.77. The molecule has 2 heterocycles. The van der Waals surface area contributed by atoms with Crippen LogP contribution in [-0.2, 0) is 11.8 Å². The Hall–Kier alpha value is -1.29. The summed E-state index contributed by atoms with van der Waals surface area (Å²) in [6.45, 7) is 3.51. The normalized spacial score (nSPS) is 41.3. The van der Waals surface area contributed by atoms with Crippen LogP contribution in [-0.4, -0.2) is 42.9 Å². The Morgan fingerprint density at radius 2 is 2.12 bits per heavy atom. The average Bonchev–Trinajstić information content (AvgIpc) is 3.43. The van der Waals surface area contributed by atoms with Gasteiger partial charge in [-0.3, -0.25) is 4.90 Å². The minimum Gasteiger partial charge on any atom is -0.493 e. The molecular formula is C22H28FNO2. The number of rotatable bonds is 3. The van der Waals surface area contributed by atoms with E-state index in [9.17, 15) is 0 Å². The van der Waals surface area contributed by atoms with Crippen LogP contribution < -0.4 is 9.47 Å². The number of likely N-dealkylation sites (tertiary alicyclic amines) is 1. The molecule has 3 aliphatic carbocycles. The zero-order valence-electron chi connectivity index (χ0n) is 15.7. The van der Waals surface area contributed by atoms with E-state index in [0.717, 1.165) is 43.2 Å². The fraction of sp³-hybridized carbons (Fsp3) is 0.727. The Bertz CT molecular complexity index is 763. The van der Waals surface area contributed by atoms with Crippen molar-refractivity contribution in [3.05, 3.63) is 23.3 Å². The van der Waals surface area contributed by atoms with Crippen molar-refractivity contribution in [1.29, 1.82) is 0 Å². The van der Waals surface area contributed by atoms with Gasteiger partial charge in [0.25, 0.3) is 0 Å². The van der Waals surface area contributed by atoms with Crippen molar-refractivity contribution in [2.45, 2.75) is 75.2 Å². The molecule has 0 radical (unpaired) electrons. The van der Waals surface area contributed by atoms with Crippen LogP contribution in [0.15, 0.2) is 12.1 Å². The number of halogens is 1. The van der Waals surface area contributed by atoms with E-state index in [1.165, 1.54) is 24.0 Å². The Labute approximate surface area is 154 Å². The number of ether oxygens (including phenoxy) is 2. The molecule has 140 valence electrons. The maximum atomic E-state index is 15.1. The monoisotopic (exact) mass is 357 g/mol. The minimum absolute atomic E-state index is 0.125. The summed E-state index contributed by atoms with van der Waals surface area (Å²) in [6.07, 6.45) is 5.36. The van der Waals surface area contributed by atoms with Gasteiger partial charge in [0, 0.05) is 23.1 Å². The number of methoxy groups -OCH3 is 1. The quantitative estimate of drug-likeness (QED) is 0.820. The van der Waals surface area contributed by atoms with Gasteiger partial charge in [-0.15, -0.1) is 0 Å². The molecule has 1 saturated heterocycles. The fourth-order valence-electron chi connectivity index (χ4n) is 7.02. The second-order valence-electron chi connectivity index (χ2n) is 9.25. The number of alkyl halides is 1. The third-order valence-corrected chi connectivity index (χ3v) is 8.32. The van der Waals surface area contributed by atoms with E-state index in [1.807, 2.05) is 6.07 Å². The minimum atomic E-state index is -0.859. The Kier molecular flexibility index (Phi) is 3.12. The van der Waals surface area contributed by atoms with Gasteiger partial charge in [-0.25, -0.2) is 4.39 Å². The Balaban J connectivity index is 1.52. The molecule has 0 N–H and O–H groups in total. The maximum Gasteiger partial charge on any atom is 0.165 e. The molecule has 0 aromatic heterocycles. The zero-order valence-corrected chi connectivity index (χ0v) is 15.7. The Morgan fingerprint density at radius 1 is 1.27 bits per heavy atom. The van der Waals surface area contributed by atoms with Crippen molar-refractivity contribution in [2.24, 2.45) is 11.8 Å². The molecule has 1 aromatic carbocycles. The summed E-state index contributed by atoms with van der Waals surface area (Å²) in [7, 11) is 1.69. The lowest BCUT2D eigenvalue weighted by atomic mass is 9.51. The molecular weight excluding hydrogens is 329 g/mol. The van der Waals surface area contributed by atoms with E-state index in [1.54, 1.807) is 7.11 Å². The van der Waals surface area contributed by atoms with Crippen molar-refractivity contribution in [3.8, 4) is 11.5 Å². The van der Waals surface area contributed by atoms with E-state index >= 15 is 4.39 Å². The lowest BCUT2D eigenvalue weighted by Crippen LogP contribution is -2.67. The lowest BCUT2D eigenvalue weighted by molar-refractivity contribution is -0.0932. The van der Waals surface area contributed by atoms with Gasteiger partial charge in [0.1, 0.15) is 12.3 Å². The van der Waals surface area contributed by atoms with Crippen LogP contribution in [0.4, 0.5) is 4.39 Å². The number of hydrogen-bond donors (Lipinski definition) is 0. The summed E-state index contributed by atoms with van der Waals surface area (Å²) in [5.74, 6) is 3.04. The van der Waals surface area contributed by atoms with Crippen LogP contribution in [0.1, 0.15) is 50.2 Å². The van der Waals surface area contributed by atoms with Gasteiger partial charge in [0.05, 0.1) is 7.11 Å². The smallest absolute Gasteiger partial charge is 0.165 e. The summed E-state index contributed by atoms with van der Waals surface area (Å²) in [5, 5.41) is 0. The van der Waals surface area contributed by atoms with Gasteiger partial charge < -0.3 is 9.47 Å². The zero-order chi connectivity index (χ0) is 17.6. The highest BCUT2D eigenvalue weighted by Gasteiger charge is 2.66. The van der Waals surface area contributed by atoms with Gasteiger partial charge in [0.2, 0.25) is 0 Å². The van der Waals surface area contributed by atoms with Crippen molar-refractivity contribution in [3.63, 3.8) is 0 Å². The maximum absolute atomic E-state index is 15.1. The molecule has 4 heteroatoms. The van der Waals surface area contributed by atoms with Crippen molar-refractivity contribution in [1.82, 2.24) is 4.90 Å². The highest BCUT2D eigenvalue weighted by atomic mass is 19.1. The average molecular weight is 357 g/mol. The van der Waals surface area contributed by atoms with Crippen molar-refractivity contribution < 1.29 is 13.9 Å². The first kappa shape index (κ1) is 15.7. The summed E-state index contributed by atoms with van der Waals surface area (Å²) >= 11 is 0. The summed E-state index contributed by atoms with van der Waals surface area (Å²) in [4.78, 5) is 2.79. The SMILES string of the molecule is COc1ccc2c3c1O[C@@H]1C(F)CCC4[C@H](C2)N(C(C)C2CC2)CCC341. The molecule has 26 heavy (non-hydrogen) atoms. The largest absolute Gasteiger partial charge is 0.493 e. The van der Waals surface area contributed by atoms with Crippen molar-refractivity contribution >= 4 is 0 Å². The van der Waals surface area contributed by atoms with Crippen LogP contribution >= 0.6 is 0 Å². The molecule has 2 saturated carbocycles. The summed E-state index contributed by atoms with van der Waals surface area (Å²) in [5.41, 5.74) is 2.56. The predicted molar refractivity (Wildman–Crippen MR) is 97.7 cm³/mol. The Morgan fingerprint density at radius 3 is 2.88 bits per heavy atom. The fourth-order valence-corrected chi connectivity index (χ4v) is 7.02. The lowest BCUT2D eigenvalue weighted by Gasteiger charge is -2.60. The van der Waals surface area contributed by atoms with Crippen LogP contribution in [0, 0.1) is 11.8 Å². The van der Waals surface area contributed by atoms with E-state index < -0.39 is 6.17 Å². The van der Waals surface area contributed by atoms with Gasteiger partial charge >= 0.3 is 0 Å². The van der Waals surface area contributed by atoms with Crippen LogP contribution in [0.2, 0.25) is 0 Å². The van der Waals surface area contributed by atoms with E-state index in [2.05, 4.69) is 17.9 Å². The molecule has 1 aromatic rings. The number of piperidine rings is 1. The first-order valence-electron chi connectivity index (χ1n) is 10.4. The highest BCUT2D eigenvalue weighted by Crippen LogP contribution is 2.64. The molecule has 5 aliphatic rings. The van der Waals surface area contributed by atoms with Crippen molar-refractivity contribution in [2.75, 3.05) is 13.7 Å². The van der Waals surface area contributed by atoms with E-state index in [4.69, 9.17) is 9.47 Å². The summed E-state index contributed by atoms with van der Waals surface area (Å²) < 4.78 is 27.0. The van der Waals surface area contributed by atoms with Gasteiger partial charge in [-0.2, -0.15) is 0 Å². The molecule has 3 fully saturated rings. The molecule has 0 amide bonds. The number of benzene rings is 1. The number of hydrogen-bond acceptors (Lipinski definition) is 3. The van der Waals surface area contributed by atoms with Crippen LogP contribution in [0.25, 0.3) is 0 Å². The van der Waals surface area contributed by atoms with E-state index in [0.29, 0.717) is 24.4 Å². The topological polar surface area (TPSA) is 21.7 Å². The molecule has 6 atom stereocenters. The van der Waals surface area contributed by atoms with Crippen LogP contribution in [0.3, 0.4) is 0 Å². The summed E-state index contributed by atoms with van der Waals surface area (Å²) in [6, 6.07) is 5.46. The molecule has 2 bridgehead atoms. The van der Waals surface area contributed by atoms with Gasteiger partial charge in [-0.05, 0) is 75.5 Å². The first-order valence-corrected chi connectivity index (χ1v) is 10.4. The number of nitrogens with zero attached hydrogens (tertiary/aromatic N) is 1. The third-order valence-electron chi connectivity index (χ3n) is 8.32. The van der Waals surface area contributed by atoms with Gasteiger partial charge in [0.15, 0.2) is 11.5 Å². The molecule has 1 spiro atoms. The van der Waals surface area contributed by atoms with Crippen LogP contribution in [0.5, 0.6) is 11.5 Å². The molecule has 2 aliphatic heterocycles. The molecule has 3 nitrogen and oxygen atoms in total. The highest BCUT2D eigenvalue weighted by molar-refractivity contribution is 5.61. The van der Waals surface area contributed by atoms with Gasteiger partial charge in [-0.1, -0.05) is 6.07 Å². The standard InChI is InChI=1S/C22H28FNO2/c1-12(13-3-4-13)24-10-9-22-15-6-7-16(23)21(22)26-20-18(25-2)8-5-14(19(20)22)11-17(15)24/h5,8,12-13,15-17,21H,3-4,6-7,9-11H2,1-2H3/t12?,15?,16?,17-,21+,22?/m0/s1. The molecule has 4 unspecified atom stereocenters. The second-order valence-corrected chi connectivity index (χ2v) is 9.25. The first-order chi connectivity index (χ1) is 12.6. The predicted octanol–water partition coefficient (Wildman–Crippen LogP) is 3.87. The molecule has 6 rings (SSSR count).